The first-order chi connectivity index (χ1) is 10.9. The van der Waals surface area contributed by atoms with Crippen molar-refractivity contribution in [3.63, 3.8) is 0 Å². The third-order valence-electron chi connectivity index (χ3n) is 3.77. The summed E-state index contributed by atoms with van der Waals surface area (Å²) in [6.45, 7) is 1.70. The Morgan fingerprint density at radius 1 is 1.35 bits per heavy atom. The molecule has 0 fully saturated rings. The topological polar surface area (TPSA) is 61.8 Å². The lowest BCUT2D eigenvalue weighted by Crippen LogP contribution is -2.58. The van der Waals surface area contributed by atoms with Crippen molar-refractivity contribution in [2.75, 3.05) is 5.32 Å². The van der Waals surface area contributed by atoms with E-state index in [1.807, 2.05) is 0 Å². The van der Waals surface area contributed by atoms with E-state index in [1.165, 1.54) is 0 Å². The highest BCUT2D eigenvalue weighted by molar-refractivity contribution is 6.36. The van der Waals surface area contributed by atoms with Crippen LogP contribution in [0.5, 0.6) is 0 Å². The first-order valence-electron chi connectivity index (χ1n) is 6.92. The number of carbonyl (C=O) groups is 2. The Balaban J connectivity index is 1.91. The van der Waals surface area contributed by atoms with E-state index in [0.717, 1.165) is 0 Å². The third kappa shape index (κ3) is 2.90. The van der Waals surface area contributed by atoms with Gasteiger partial charge in [0.25, 0.3) is 11.8 Å². The number of anilines is 1. The Kier molecular flexibility index (Phi) is 4.00. The summed E-state index contributed by atoms with van der Waals surface area (Å²) >= 11 is 12.0. The van der Waals surface area contributed by atoms with Gasteiger partial charge in [-0.25, -0.2) is 0 Å². The molecule has 1 aromatic carbocycles. The number of nitrogens with zero attached hydrogens (tertiary/aromatic N) is 2. The molecule has 0 aliphatic carbocycles. The van der Waals surface area contributed by atoms with Gasteiger partial charge in [-0.15, -0.1) is 0 Å². The summed E-state index contributed by atoms with van der Waals surface area (Å²) in [5, 5.41) is 3.58. The summed E-state index contributed by atoms with van der Waals surface area (Å²) in [5.74, 6) is -0.234. The number of aliphatic imine (C=N–C) groups is 1. The minimum absolute atomic E-state index is 0.0221. The Hall–Kier alpha value is -2.11. The number of amidine groups is 1. The summed E-state index contributed by atoms with van der Waals surface area (Å²) in [7, 11) is 0. The van der Waals surface area contributed by atoms with Crippen molar-refractivity contribution in [2.45, 2.75) is 18.9 Å². The van der Waals surface area contributed by atoms with Crippen LogP contribution in [0.1, 0.15) is 13.3 Å². The predicted octanol–water partition coefficient (Wildman–Crippen LogP) is 3.40. The van der Waals surface area contributed by atoms with Crippen molar-refractivity contribution in [1.29, 1.82) is 0 Å². The normalized spacial score (nSPS) is 22.7. The molecule has 0 aromatic heterocycles. The number of nitrogens with one attached hydrogen (secondary N) is 1. The lowest BCUT2D eigenvalue weighted by molar-refractivity contribution is -0.130. The van der Waals surface area contributed by atoms with E-state index in [1.54, 1.807) is 54.5 Å². The van der Waals surface area contributed by atoms with Gasteiger partial charge in [0, 0.05) is 11.2 Å². The molecule has 2 aliphatic heterocycles. The smallest absolute Gasteiger partial charge is 0.250 e. The minimum atomic E-state index is -1.08. The lowest BCUT2D eigenvalue weighted by atomic mass is 9.91. The maximum Gasteiger partial charge on any atom is 0.250 e. The number of hydrogen-bond acceptors (Lipinski definition) is 3. The highest BCUT2D eigenvalue weighted by Crippen LogP contribution is 2.31. The van der Waals surface area contributed by atoms with Gasteiger partial charge in [0.2, 0.25) is 0 Å². The average Bonchev–Trinajstić information content (AvgIpc) is 2.49. The molecule has 2 heterocycles. The highest BCUT2D eigenvalue weighted by atomic mass is 35.5. The van der Waals surface area contributed by atoms with Crippen LogP contribution in [0.2, 0.25) is 10.0 Å². The van der Waals surface area contributed by atoms with Crippen LogP contribution in [0.4, 0.5) is 5.69 Å². The largest absolute Gasteiger partial charge is 0.323 e. The standard InChI is InChI=1S/C16H13Cl2N3O2/c1-16(9-14(22)20-13-4-2-3-7-21(13)16)15(23)19-12-6-5-10(17)8-11(12)18/h2-8H,9H2,1H3,(H,19,23). The molecule has 3 rings (SSSR count). The second kappa shape index (κ2) is 5.83. The summed E-state index contributed by atoms with van der Waals surface area (Å²) < 4.78 is 0. The number of amides is 2. The van der Waals surface area contributed by atoms with E-state index >= 15 is 0 Å². The molecule has 1 atom stereocenters. The Morgan fingerprint density at radius 3 is 2.87 bits per heavy atom. The summed E-state index contributed by atoms with van der Waals surface area (Å²) in [5.41, 5.74) is -0.645. The fourth-order valence-electron chi connectivity index (χ4n) is 2.53. The van der Waals surface area contributed by atoms with Crippen LogP contribution < -0.4 is 5.32 Å². The Labute approximate surface area is 143 Å². The first kappa shape index (κ1) is 15.8. The fourth-order valence-corrected chi connectivity index (χ4v) is 2.98. The summed E-state index contributed by atoms with van der Waals surface area (Å²) in [6.07, 6.45) is 6.95. The molecule has 0 saturated carbocycles. The van der Waals surface area contributed by atoms with E-state index < -0.39 is 5.54 Å². The third-order valence-corrected chi connectivity index (χ3v) is 4.32. The number of halogens is 2. The highest BCUT2D eigenvalue weighted by Gasteiger charge is 2.45. The molecule has 2 amide bonds. The van der Waals surface area contributed by atoms with Crippen LogP contribution in [0, 0.1) is 0 Å². The summed E-state index contributed by atoms with van der Waals surface area (Å²) in [6, 6.07) is 4.80. The molecule has 1 unspecified atom stereocenters. The van der Waals surface area contributed by atoms with E-state index in [4.69, 9.17) is 23.2 Å². The van der Waals surface area contributed by atoms with Gasteiger partial charge >= 0.3 is 0 Å². The average molecular weight is 350 g/mol. The Morgan fingerprint density at radius 2 is 2.13 bits per heavy atom. The SMILES string of the molecule is CC1(C(=O)Nc2ccc(Cl)cc2Cl)CC(=O)N=C2C=CC=CN21. The van der Waals surface area contributed by atoms with Crippen LogP contribution in [0.3, 0.4) is 0 Å². The maximum atomic E-state index is 12.8. The predicted molar refractivity (Wildman–Crippen MR) is 90.7 cm³/mol. The van der Waals surface area contributed by atoms with Crippen molar-refractivity contribution in [2.24, 2.45) is 4.99 Å². The summed E-state index contributed by atoms with van der Waals surface area (Å²) in [4.78, 5) is 30.4. The zero-order valence-electron chi connectivity index (χ0n) is 12.2. The zero-order valence-corrected chi connectivity index (χ0v) is 13.7. The van der Waals surface area contributed by atoms with Crippen molar-refractivity contribution in [1.82, 2.24) is 4.90 Å². The second-order valence-corrected chi connectivity index (χ2v) is 6.31. The van der Waals surface area contributed by atoms with E-state index in [-0.39, 0.29) is 18.2 Å². The van der Waals surface area contributed by atoms with Crippen LogP contribution in [0.25, 0.3) is 0 Å². The van der Waals surface area contributed by atoms with Gasteiger partial charge in [-0.1, -0.05) is 29.3 Å². The fraction of sp³-hybridized carbons (Fsp3) is 0.188. The van der Waals surface area contributed by atoms with Crippen molar-refractivity contribution >= 4 is 46.5 Å². The van der Waals surface area contributed by atoms with E-state index in [0.29, 0.717) is 21.6 Å². The molecular weight excluding hydrogens is 337 g/mol. The second-order valence-electron chi connectivity index (χ2n) is 5.46. The number of carbonyl (C=O) groups excluding carboxylic acids is 2. The molecule has 0 bridgehead atoms. The van der Waals surface area contributed by atoms with Crippen molar-refractivity contribution in [3.8, 4) is 0 Å². The van der Waals surface area contributed by atoms with E-state index in [2.05, 4.69) is 10.3 Å². The monoisotopic (exact) mass is 349 g/mol. The molecule has 2 aliphatic rings. The Bertz CT molecular complexity index is 786. The van der Waals surface area contributed by atoms with E-state index in [9.17, 15) is 9.59 Å². The molecule has 1 aromatic rings. The molecule has 0 saturated heterocycles. The molecule has 0 radical (unpaired) electrons. The van der Waals surface area contributed by atoms with Crippen LogP contribution in [0.15, 0.2) is 47.6 Å². The lowest BCUT2D eigenvalue weighted by Gasteiger charge is -2.41. The first-order valence-corrected chi connectivity index (χ1v) is 7.68. The van der Waals surface area contributed by atoms with Crippen LogP contribution >= 0.6 is 23.2 Å². The molecule has 23 heavy (non-hydrogen) atoms. The van der Waals surface area contributed by atoms with Gasteiger partial charge in [0.1, 0.15) is 11.4 Å². The zero-order chi connectivity index (χ0) is 16.6. The molecule has 118 valence electrons. The number of allylic oxidation sites excluding steroid dienone is 2. The van der Waals surface area contributed by atoms with Gasteiger partial charge in [-0.2, -0.15) is 4.99 Å². The molecular formula is C16H13Cl2N3O2. The minimum Gasteiger partial charge on any atom is -0.323 e. The van der Waals surface area contributed by atoms with Gasteiger partial charge < -0.3 is 10.2 Å². The molecule has 1 N–H and O–H groups in total. The number of rotatable bonds is 2. The number of hydrogen-bond donors (Lipinski definition) is 1. The van der Waals surface area contributed by atoms with Gasteiger partial charge in [0.15, 0.2) is 0 Å². The van der Waals surface area contributed by atoms with Gasteiger partial charge in [-0.05, 0) is 37.3 Å². The number of fused-ring (bicyclic) bond motifs is 1. The van der Waals surface area contributed by atoms with Crippen molar-refractivity contribution < 1.29 is 9.59 Å². The van der Waals surface area contributed by atoms with Crippen molar-refractivity contribution in [3.05, 3.63) is 52.7 Å². The van der Waals surface area contributed by atoms with Crippen LogP contribution in [-0.4, -0.2) is 28.1 Å². The van der Waals surface area contributed by atoms with Gasteiger partial charge in [-0.3, -0.25) is 9.59 Å². The number of benzene rings is 1. The van der Waals surface area contributed by atoms with Gasteiger partial charge in [0.05, 0.1) is 17.1 Å². The molecule has 7 heteroatoms. The molecule has 5 nitrogen and oxygen atoms in total. The van der Waals surface area contributed by atoms with Crippen LogP contribution in [-0.2, 0) is 9.59 Å². The maximum absolute atomic E-state index is 12.8. The molecule has 0 spiro atoms. The quantitative estimate of drug-likeness (QED) is 0.889.